The number of carbonyl (C=O) groups excluding carboxylic acids is 1. The van der Waals surface area contributed by atoms with Gasteiger partial charge in [0.2, 0.25) is 10.0 Å². The van der Waals surface area contributed by atoms with Crippen LogP contribution in [0.15, 0.2) is 23.1 Å². The zero-order valence-corrected chi connectivity index (χ0v) is 16.9. The van der Waals surface area contributed by atoms with Crippen LogP contribution in [0.2, 0.25) is 0 Å². The number of carbonyl (C=O) groups is 1. The second kappa shape index (κ2) is 8.58. The molecule has 2 aliphatic heterocycles. The Morgan fingerprint density at radius 2 is 1.78 bits per heavy atom. The molecule has 0 bridgehead atoms. The zero-order valence-electron chi connectivity index (χ0n) is 16.1. The van der Waals surface area contributed by atoms with Crippen molar-refractivity contribution < 1.29 is 17.9 Å². The Labute approximate surface area is 161 Å². The maximum Gasteiger partial charge on any atom is 0.255 e. The maximum absolute atomic E-state index is 12.9. The standard InChI is InChI=1S/C19H29N3O4S/c1-21-12-8-15(9-13-21)20-19(23)17-14-16(6-7-18(17)26-2)27(24,25)22-10-4-3-5-11-22/h6-7,14-15H,3-5,8-13H2,1-2H3,(H,20,23). The van der Waals surface area contributed by atoms with Crippen molar-refractivity contribution in [3.63, 3.8) is 0 Å². The van der Waals surface area contributed by atoms with Crippen LogP contribution in [0.1, 0.15) is 42.5 Å². The Bertz CT molecular complexity index is 767. The van der Waals surface area contributed by atoms with Crippen LogP contribution in [0.3, 0.4) is 0 Å². The summed E-state index contributed by atoms with van der Waals surface area (Å²) >= 11 is 0. The Hall–Kier alpha value is -1.64. The minimum atomic E-state index is -3.59. The van der Waals surface area contributed by atoms with E-state index in [1.807, 2.05) is 0 Å². The Morgan fingerprint density at radius 1 is 1.11 bits per heavy atom. The summed E-state index contributed by atoms with van der Waals surface area (Å²) in [6.45, 7) is 2.94. The highest BCUT2D eigenvalue weighted by molar-refractivity contribution is 7.89. The van der Waals surface area contributed by atoms with E-state index in [-0.39, 0.29) is 22.4 Å². The molecule has 0 aliphatic carbocycles. The third-order valence-corrected chi connectivity index (χ3v) is 7.32. The van der Waals surface area contributed by atoms with Crippen molar-refractivity contribution >= 4 is 15.9 Å². The summed E-state index contributed by atoms with van der Waals surface area (Å²) in [7, 11) is -0.0402. The molecule has 0 radical (unpaired) electrons. The summed E-state index contributed by atoms with van der Waals surface area (Å²) in [5, 5.41) is 3.03. The zero-order chi connectivity index (χ0) is 19.4. The molecule has 1 aromatic carbocycles. The average Bonchev–Trinajstić information content (AvgIpc) is 2.69. The number of likely N-dealkylation sites (tertiary alicyclic amines) is 1. The molecule has 0 atom stereocenters. The van der Waals surface area contributed by atoms with E-state index in [0.717, 1.165) is 45.2 Å². The number of methoxy groups -OCH3 is 1. The molecule has 0 unspecified atom stereocenters. The van der Waals surface area contributed by atoms with Gasteiger partial charge in [-0.1, -0.05) is 6.42 Å². The van der Waals surface area contributed by atoms with E-state index in [2.05, 4.69) is 17.3 Å². The van der Waals surface area contributed by atoms with Crippen LogP contribution >= 0.6 is 0 Å². The van der Waals surface area contributed by atoms with Gasteiger partial charge in [0.15, 0.2) is 0 Å². The number of piperidine rings is 2. The molecule has 27 heavy (non-hydrogen) atoms. The van der Waals surface area contributed by atoms with E-state index >= 15 is 0 Å². The Morgan fingerprint density at radius 3 is 2.41 bits per heavy atom. The summed E-state index contributed by atoms with van der Waals surface area (Å²) < 4.78 is 32.7. The van der Waals surface area contributed by atoms with E-state index in [0.29, 0.717) is 18.8 Å². The van der Waals surface area contributed by atoms with Crippen LogP contribution in [-0.4, -0.2) is 69.9 Å². The third-order valence-electron chi connectivity index (χ3n) is 5.42. The quantitative estimate of drug-likeness (QED) is 0.821. The molecular weight excluding hydrogens is 366 g/mol. The van der Waals surface area contributed by atoms with Crippen molar-refractivity contribution in [2.24, 2.45) is 0 Å². The second-order valence-corrected chi connectivity index (χ2v) is 9.32. The first kappa shape index (κ1) is 20.1. The molecule has 0 saturated carbocycles. The summed E-state index contributed by atoms with van der Waals surface area (Å²) in [6.07, 6.45) is 4.57. The molecule has 1 amide bonds. The number of rotatable bonds is 5. The van der Waals surface area contributed by atoms with Crippen LogP contribution in [0.4, 0.5) is 0 Å². The highest BCUT2D eigenvalue weighted by atomic mass is 32.2. The fourth-order valence-corrected chi connectivity index (χ4v) is 5.24. The molecular formula is C19H29N3O4S. The van der Waals surface area contributed by atoms with Gasteiger partial charge >= 0.3 is 0 Å². The van der Waals surface area contributed by atoms with Gasteiger partial charge < -0.3 is 15.0 Å². The first-order valence-corrected chi connectivity index (χ1v) is 11.0. The predicted molar refractivity (Wildman–Crippen MR) is 104 cm³/mol. The summed E-state index contributed by atoms with van der Waals surface area (Å²) in [5.41, 5.74) is 0.273. The van der Waals surface area contributed by atoms with Crippen molar-refractivity contribution in [3.8, 4) is 5.75 Å². The van der Waals surface area contributed by atoms with Crippen molar-refractivity contribution in [2.75, 3.05) is 40.3 Å². The van der Waals surface area contributed by atoms with Gasteiger partial charge in [0, 0.05) is 19.1 Å². The lowest BCUT2D eigenvalue weighted by Gasteiger charge is -2.29. The highest BCUT2D eigenvalue weighted by Crippen LogP contribution is 2.26. The molecule has 1 aromatic rings. The lowest BCUT2D eigenvalue weighted by Crippen LogP contribution is -2.43. The van der Waals surface area contributed by atoms with Crippen LogP contribution in [0, 0.1) is 0 Å². The van der Waals surface area contributed by atoms with Gasteiger partial charge in [-0.05, 0) is 64.0 Å². The maximum atomic E-state index is 12.9. The summed E-state index contributed by atoms with van der Waals surface area (Å²) in [6, 6.07) is 4.64. The molecule has 7 nitrogen and oxygen atoms in total. The van der Waals surface area contributed by atoms with Crippen LogP contribution < -0.4 is 10.1 Å². The fraction of sp³-hybridized carbons (Fsp3) is 0.632. The molecule has 1 N–H and O–H groups in total. The molecule has 3 rings (SSSR count). The van der Waals surface area contributed by atoms with E-state index < -0.39 is 10.0 Å². The third kappa shape index (κ3) is 4.62. The molecule has 2 aliphatic rings. The van der Waals surface area contributed by atoms with Gasteiger partial charge in [0.1, 0.15) is 5.75 Å². The van der Waals surface area contributed by atoms with Crippen molar-refractivity contribution in [2.45, 2.75) is 43.0 Å². The minimum Gasteiger partial charge on any atom is -0.496 e. The van der Waals surface area contributed by atoms with E-state index in [1.165, 1.54) is 23.5 Å². The lowest BCUT2D eigenvalue weighted by molar-refractivity contribution is 0.0913. The first-order valence-electron chi connectivity index (χ1n) is 9.59. The summed E-state index contributed by atoms with van der Waals surface area (Å²) in [5.74, 6) is 0.107. The average molecular weight is 396 g/mol. The number of ether oxygens (including phenoxy) is 1. The van der Waals surface area contributed by atoms with E-state index in [4.69, 9.17) is 4.74 Å². The minimum absolute atomic E-state index is 0.0979. The van der Waals surface area contributed by atoms with Crippen molar-refractivity contribution in [3.05, 3.63) is 23.8 Å². The first-order chi connectivity index (χ1) is 12.9. The Balaban J connectivity index is 1.81. The molecule has 8 heteroatoms. The molecule has 2 fully saturated rings. The van der Waals surface area contributed by atoms with Gasteiger partial charge in [0.25, 0.3) is 5.91 Å². The Kier molecular flexibility index (Phi) is 6.39. The monoisotopic (exact) mass is 395 g/mol. The summed E-state index contributed by atoms with van der Waals surface area (Å²) in [4.78, 5) is 15.2. The largest absolute Gasteiger partial charge is 0.496 e. The van der Waals surface area contributed by atoms with Crippen LogP contribution in [-0.2, 0) is 10.0 Å². The molecule has 2 heterocycles. The predicted octanol–water partition coefficient (Wildman–Crippen LogP) is 1.69. The highest BCUT2D eigenvalue weighted by Gasteiger charge is 2.28. The van der Waals surface area contributed by atoms with Crippen LogP contribution in [0.5, 0.6) is 5.75 Å². The van der Waals surface area contributed by atoms with E-state index in [9.17, 15) is 13.2 Å². The van der Waals surface area contributed by atoms with Crippen molar-refractivity contribution in [1.82, 2.24) is 14.5 Å². The fourth-order valence-electron chi connectivity index (χ4n) is 3.70. The smallest absolute Gasteiger partial charge is 0.255 e. The number of hydrogen-bond donors (Lipinski definition) is 1. The van der Waals surface area contributed by atoms with Gasteiger partial charge in [-0.15, -0.1) is 0 Å². The number of nitrogens with zero attached hydrogens (tertiary/aromatic N) is 2. The SMILES string of the molecule is COc1ccc(S(=O)(=O)N2CCCCC2)cc1C(=O)NC1CCN(C)CC1. The van der Waals surface area contributed by atoms with E-state index in [1.54, 1.807) is 6.07 Å². The van der Waals surface area contributed by atoms with Gasteiger partial charge in [-0.3, -0.25) is 4.79 Å². The normalized spacial score (nSPS) is 20.4. The molecule has 2 saturated heterocycles. The second-order valence-electron chi connectivity index (χ2n) is 7.38. The van der Waals surface area contributed by atoms with Gasteiger partial charge in [0.05, 0.1) is 17.6 Å². The molecule has 0 spiro atoms. The van der Waals surface area contributed by atoms with Gasteiger partial charge in [-0.2, -0.15) is 4.31 Å². The number of nitrogens with one attached hydrogen (secondary N) is 1. The number of sulfonamides is 1. The van der Waals surface area contributed by atoms with Crippen LogP contribution in [0.25, 0.3) is 0 Å². The lowest BCUT2D eigenvalue weighted by atomic mass is 10.0. The van der Waals surface area contributed by atoms with Gasteiger partial charge in [-0.25, -0.2) is 8.42 Å². The number of benzene rings is 1. The number of amides is 1. The molecule has 0 aromatic heterocycles. The number of hydrogen-bond acceptors (Lipinski definition) is 5. The topological polar surface area (TPSA) is 79.0 Å². The van der Waals surface area contributed by atoms with Crippen molar-refractivity contribution in [1.29, 1.82) is 0 Å². The molecule has 150 valence electrons.